The Kier molecular flexibility index (Phi) is 5.16. The first-order valence-corrected chi connectivity index (χ1v) is 10.7. The zero-order valence-electron chi connectivity index (χ0n) is 16.9. The van der Waals surface area contributed by atoms with E-state index in [1.807, 2.05) is 24.3 Å². The molecular weight excluding hydrogens is 428 g/mol. The molecule has 0 bridgehead atoms. The number of carbonyl (C=O) groups excluding carboxylic acids is 1. The third-order valence-corrected chi connectivity index (χ3v) is 5.83. The summed E-state index contributed by atoms with van der Waals surface area (Å²) >= 11 is 1.43. The molecule has 0 aliphatic carbocycles. The molecule has 5 aromatic rings. The topological polar surface area (TPSA) is 111 Å². The Hall–Kier alpha value is -3.98. The molecule has 0 aliphatic heterocycles. The fraction of sp³-hybridized carbons (Fsp3) is 0.0870. The molecule has 0 saturated heterocycles. The van der Waals surface area contributed by atoms with E-state index in [2.05, 4.69) is 19.9 Å². The van der Waals surface area contributed by atoms with Crippen LogP contribution in [0.5, 0.6) is 0 Å². The van der Waals surface area contributed by atoms with Crippen molar-refractivity contribution in [1.82, 2.24) is 19.9 Å². The minimum Gasteiger partial charge on any atom is -0.465 e. The van der Waals surface area contributed by atoms with Crippen LogP contribution in [-0.4, -0.2) is 33.0 Å². The molecule has 0 saturated carbocycles. The summed E-state index contributed by atoms with van der Waals surface area (Å²) in [4.78, 5) is 41.0. The second-order valence-corrected chi connectivity index (χ2v) is 7.84. The van der Waals surface area contributed by atoms with E-state index in [4.69, 9.17) is 9.15 Å². The maximum Gasteiger partial charge on any atom is 0.337 e. The molecule has 158 valence electrons. The lowest BCUT2D eigenvalue weighted by Gasteiger charge is -2.08. The van der Waals surface area contributed by atoms with Crippen LogP contribution in [0.2, 0.25) is 0 Å². The van der Waals surface area contributed by atoms with Crippen LogP contribution in [0.3, 0.4) is 0 Å². The fourth-order valence-corrected chi connectivity index (χ4v) is 4.20. The number of carbonyl (C=O) groups is 1. The Bertz CT molecular complexity index is 1510. The van der Waals surface area contributed by atoms with Crippen LogP contribution in [0.15, 0.2) is 75.1 Å². The van der Waals surface area contributed by atoms with E-state index in [-0.39, 0.29) is 5.56 Å². The number of hydrogen-bond donors (Lipinski definition) is 1. The lowest BCUT2D eigenvalue weighted by Crippen LogP contribution is -2.12. The van der Waals surface area contributed by atoms with Crippen molar-refractivity contribution < 1.29 is 13.9 Å². The minimum absolute atomic E-state index is 0.272. The Morgan fingerprint density at radius 2 is 1.91 bits per heavy atom. The van der Waals surface area contributed by atoms with Gasteiger partial charge in [0.25, 0.3) is 5.56 Å². The number of esters is 1. The van der Waals surface area contributed by atoms with Gasteiger partial charge in [-0.1, -0.05) is 30.0 Å². The quantitative estimate of drug-likeness (QED) is 0.244. The Balaban J connectivity index is 1.51. The summed E-state index contributed by atoms with van der Waals surface area (Å²) in [7, 11) is 1.31. The first kappa shape index (κ1) is 20.0. The van der Waals surface area contributed by atoms with Gasteiger partial charge in [0.15, 0.2) is 11.6 Å². The predicted molar refractivity (Wildman–Crippen MR) is 121 cm³/mol. The van der Waals surface area contributed by atoms with Crippen molar-refractivity contribution in [3.63, 3.8) is 0 Å². The number of hydrogen-bond acceptors (Lipinski definition) is 8. The number of aromatic nitrogens is 4. The monoisotopic (exact) mass is 444 g/mol. The normalized spacial score (nSPS) is 11.2. The number of fused-ring (bicyclic) bond motifs is 2. The fourth-order valence-electron chi connectivity index (χ4n) is 3.31. The van der Waals surface area contributed by atoms with E-state index in [0.717, 1.165) is 15.9 Å². The smallest absolute Gasteiger partial charge is 0.337 e. The third kappa shape index (κ3) is 3.74. The van der Waals surface area contributed by atoms with Crippen LogP contribution in [0.1, 0.15) is 16.2 Å². The van der Waals surface area contributed by atoms with Crippen molar-refractivity contribution in [3.8, 4) is 11.6 Å². The molecule has 0 aliphatic rings. The zero-order valence-corrected chi connectivity index (χ0v) is 17.7. The van der Waals surface area contributed by atoms with Crippen molar-refractivity contribution in [2.45, 2.75) is 10.8 Å². The molecule has 32 heavy (non-hydrogen) atoms. The summed E-state index contributed by atoms with van der Waals surface area (Å²) in [6.07, 6.45) is 1.58. The minimum atomic E-state index is -0.484. The highest BCUT2D eigenvalue weighted by Crippen LogP contribution is 2.30. The van der Waals surface area contributed by atoms with E-state index >= 15 is 0 Å². The SMILES string of the molecule is COC(=O)c1ccc2c(=O)[nH]c(CSc3nc(-c4ccco4)nc4ccccc34)nc2c1. The van der Waals surface area contributed by atoms with Gasteiger partial charge in [-0.15, -0.1) is 0 Å². The van der Waals surface area contributed by atoms with Gasteiger partial charge >= 0.3 is 5.97 Å². The van der Waals surface area contributed by atoms with E-state index in [9.17, 15) is 9.59 Å². The molecule has 0 fully saturated rings. The molecule has 3 heterocycles. The molecule has 3 aromatic heterocycles. The number of rotatable bonds is 5. The van der Waals surface area contributed by atoms with E-state index in [1.54, 1.807) is 36.6 Å². The van der Waals surface area contributed by atoms with Gasteiger partial charge in [0.1, 0.15) is 10.9 Å². The van der Waals surface area contributed by atoms with Crippen LogP contribution in [0.4, 0.5) is 0 Å². The number of nitrogens with one attached hydrogen (secondary N) is 1. The second kappa shape index (κ2) is 8.27. The molecule has 0 radical (unpaired) electrons. The maximum absolute atomic E-state index is 12.5. The number of nitrogens with zero attached hydrogens (tertiary/aromatic N) is 3. The van der Waals surface area contributed by atoms with Crippen molar-refractivity contribution in [1.29, 1.82) is 0 Å². The number of thioether (sulfide) groups is 1. The number of furan rings is 1. The molecule has 2 aromatic carbocycles. The number of methoxy groups -OCH3 is 1. The zero-order chi connectivity index (χ0) is 22.1. The second-order valence-electron chi connectivity index (χ2n) is 6.87. The highest BCUT2D eigenvalue weighted by molar-refractivity contribution is 7.98. The van der Waals surface area contributed by atoms with Crippen LogP contribution in [0.25, 0.3) is 33.4 Å². The average molecular weight is 444 g/mol. The molecule has 0 unspecified atom stereocenters. The average Bonchev–Trinajstić information content (AvgIpc) is 3.36. The Morgan fingerprint density at radius 3 is 2.72 bits per heavy atom. The van der Waals surface area contributed by atoms with E-state index in [1.165, 1.54) is 18.9 Å². The van der Waals surface area contributed by atoms with Crippen LogP contribution in [-0.2, 0) is 10.5 Å². The van der Waals surface area contributed by atoms with E-state index in [0.29, 0.717) is 39.6 Å². The van der Waals surface area contributed by atoms with Gasteiger partial charge in [0, 0.05) is 5.39 Å². The predicted octanol–water partition coefficient (Wildman–Crippen LogP) is 4.21. The molecule has 9 heteroatoms. The number of para-hydroxylation sites is 1. The summed E-state index contributed by atoms with van der Waals surface area (Å²) in [6, 6.07) is 16.0. The standard InChI is InChI=1S/C23H16N4O4S/c1-30-23(29)13-8-9-14-17(11-13)24-19(26-21(14)28)12-32-22-15-5-2-3-6-16(15)25-20(27-22)18-7-4-10-31-18/h2-11H,12H2,1H3,(H,24,26,28). The van der Waals surface area contributed by atoms with Crippen molar-refractivity contribution in [3.05, 3.63) is 82.6 Å². The highest BCUT2D eigenvalue weighted by Gasteiger charge is 2.14. The van der Waals surface area contributed by atoms with Gasteiger partial charge in [-0.25, -0.2) is 19.7 Å². The van der Waals surface area contributed by atoms with Crippen LogP contribution in [0, 0.1) is 0 Å². The maximum atomic E-state index is 12.5. The number of aromatic amines is 1. The number of benzene rings is 2. The molecule has 5 rings (SSSR count). The van der Waals surface area contributed by atoms with Crippen molar-refractivity contribution in [2.75, 3.05) is 7.11 Å². The van der Waals surface area contributed by atoms with Crippen molar-refractivity contribution in [2.24, 2.45) is 0 Å². The summed E-state index contributed by atoms with van der Waals surface area (Å²) < 4.78 is 10.2. The van der Waals surface area contributed by atoms with Crippen LogP contribution < -0.4 is 5.56 Å². The molecule has 0 spiro atoms. The highest BCUT2D eigenvalue weighted by atomic mass is 32.2. The van der Waals surface area contributed by atoms with Gasteiger partial charge in [0.05, 0.1) is 41.1 Å². The summed E-state index contributed by atoms with van der Waals surface area (Å²) in [6.45, 7) is 0. The first-order chi connectivity index (χ1) is 15.6. The van der Waals surface area contributed by atoms with Gasteiger partial charge < -0.3 is 14.1 Å². The lowest BCUT2D eigenvalue weighted by molar-refractivity contribution is 0.0601. The summed E-state index contributed by atoms with van der Waals surface area (Å²) in [5, 5.41) is 2.04. The molecule has 8 nitrogen and oxygen atoms in total. The largest absolute Gasteiger partial charge is 0.465 e. The number of ether oxygens (including phenoxy) is 1. The molecule has 1 N–H and O–H groups in total. The van der Waals surface area contributed by atoms with Gasteiger partial charge in [0.2, 0.25) is 0 Å². The van der Waals surface area contributed by atoms with Gasteiger partial charge in [-0.05, 0) is 36.4 Å². The lowest BCUT2D eigenvalue weighted by atomic mass is 10.1. The Morgan fingerprint density at radius 1 is 1.03 bits per heavy atom. The van der Waals surface area contributed by atoms with Crippen molar-refractivity contribution >= 4 is 39.5 Å². The number of H-pyrrole nitrogens is 1. The Labute approximate surface area is 185 Å². The van der Waals surface area contributed by atoms with Crippen LogP contribution >= 0.6 is 11.8 Å². The third-order valence-electron chi connectivity index (χ3n) is 4.83. The molecule has 0 amide bonds. The van der Waals surface area contributed by atoms with E-state index < -0.39 is 5.97 Å². The molecular formula is C23H16N4O4S. The molecule has 0 atom stereocenters. The summed E-state index contributed by atoms with van der Waals surface area (Å²) in [5.74, 6) is 1.41. The van der Waals surface area contributed by atoms with Gasteiger partial charge in [-0.2, -0.15) is 0 Å². The summed E-state index contributed by atoms with van der Waals surface area (Å²) in [5.41, 5.74) is 1.28. The first-order valence-electron chi connectivity index (χ1n) is 9.67. The van der Waals surface area contributed by atoms with Gasteiger partial charge in [-0.3, -0.25) is 4.79 Å².